The normalized spacial score (nSPS) is 20.4. The third kappa shape index (κ3) is 1.66. The molecule has 0 saturated heterocycles. The van der Waals surface area contributed by atoms with E-state index < -0.39 is 0 Å². The van der Waals surface area contributed by atoms with Crippen molar-refractivity contribution in [2.24, 2.45) is 5.73 Å². The molecule has 0 heterocycles. The number of halogens is 1. The third-order valence-corrected chi connectivity index (χ3v) is 3.39. The van der Waals surface area contributed by atoms with Crippen LogP contribution in [-0.2, 0) is 6.42 Å². The quantitative estimate of drug-likeness (QED) is 0.838. The van der Waals surface area contributed by atoms with E-state index in [0.717, 1.165) is 23.1 Å². The molecule has 0 aliphatic heterocycles. The molecule has 1 atom stereocenters. The molecule has 3 heteroatoms. The number of hydrogen-bond donors (Lipinski definition) is 1. The Balaban J connectivity index is 2.49. The van der Waals surface area contributed by atoms with Gasteiger partial charge >= 0.3 is 0 Å². The first-order valence-corrected chi connectivity index (χ1v) is 5.63. The Labute approximate surface area is 92.6 Å². The molecule has 0 bridgehead atoms. The largest absolute Gasteiger partial charge is 0.496 e. The van der Waals surface area contributed by atoms with Gasteiger partial charge in [0.15, 0.2) is 0 Å². The molecule has 2 nitrogen and oxygen atoms in total. The van der Waals surface area contributed by atoms with Crippen LogP contribution in [0, 0.1) is 0 Å². The molecule has 2 rings (SSSR count). The molecular formula is C11H14BrNO. The van der Waals surface area contributed by atoms with Crippen LogP contribution in [0.1, 0.15) is 30.0 Å². The average Bonchev–Trinajstić information content (AvgIpc) is 2.17. The molecule has 76 valence electrons. The van der Waals surface area contributed by atoms with Crippen LogP contribution in [0.5, 0.6) is 5.75 Å². The van der Waals surface area contributed by atoms with Gasteiger partial charge in [-0.15, -0.1) is 0 Å². The van der Waals surface area contributed by atoms with Crippen molar-refractivity contribution in [2.75, 3.05) is 7.11 Å². The number of benzene rings is 1. The zero-order valence-electron chi connectivity index (χ0n) is 8.22. The molecule has 0 unspecified atom stereocenters. The standard InChI is InChI=1S/C11H14BrNO/c1-14-11-6-8-7(5-9(11)12)3-2-4-10(8)13/h5-6,10H,2-4,13H2,1H3/t10-/m0/s1. The van der Waals surface area contributed by atoms with E-state index >= 15 is 0 Å². The van der Waals surface area contributed by atoms with Crippen molar-refractivity contribution in [3.8, 4) is 5.75 Å². The molecule has 0 radical (unpaired) electrons. The maximum atomic E-state index is 6.05. The van der Waals surface area contributed by atoms with Gasteiger partial charge in [0.25, 0.3) is 0 Å². The lowest BCUT2D eigenvalue weighted by molar-refractivity contribution is 0.409. The molecular weight excluding hydrogens is 242 g/mol. The lowest BCUT2D eigenvalue weighted by Crippen LogP contribution is -2.17. The number of rotatable bonds is 1. The fraction of sp³-hybridized carbons (Fsp3) is 0.455. The van der Waals surface area contributed by atoms with Crippen LogP contribution < -0.4 is 10.5 Å². The molecule has 1 aromatic rings. The molecule has 0 saturated carbocycles. The minimum atomic E-state index is 0.181. The molecule has 1 aliphatic carbocycles. The summed E-state index contributed by atoms with van der Waals surface area (Å²) in [6, 6.07) is 4.37. The topological polar surface area (TPSA) is 35.2 Å². The number of ether oxygens (including phenoxy) is 1. The summed E-state index contributed by atoms with van der Waals surface area (Å²) in [6.07, 6.45) is 3.40. The Morgan fingerprint density at radius 3 is 3.00 bits per heavy atom. The van der Waals surface area contributed by atoms with E-state index in [9.17, 15) is 0 Å². The molecule has 0 aromatic heterocycles. The lowest BCUT2D eigenvalue weighted by Gasteiger charge is -2.23. The van der Waals surface area contributed by atoms with Gasteiger partial charge in [-0.3, -0.25) is 0 Å². The fourth-order valence-electron chi connectivity index (χ4n) is 2.00. The Kier molecular flexibility index (Phi) is 2.79. The van der Waals surface area contributed by atoms with Gasteiger partial charge in [0.2, 0.25) is 0 Å². The van der Waals surface area contributed by atoms with Gasteiger partial charge in [0.1, 0.15) is 5.75 Å². The van der Waals surface area contributed by atoms with Crippen molar-refractivity contribution < 1.29 is 4.74 Å². The van der Waals surface area contributed by atoms with E-state index in [-0.39, 0.29) is 6.04 Å². The molecule has 0 fully saturated rings. The number of methoxy groups -OCH3 is 1. The lowest BCUT2D eigenvalue weighted by atomic mass is 9.88. The van der Waals surface area contributed by atoms with Crippen molar-refractivity contribution in [2.45, 2.75) is 25.3 Å². The predicted molar refractivity (Wildman–Crippen MR) is 60.6 cm³/mol. The van der Waals surface area contributed by atoms with Crippen LogP contribution in [0.2, 0.25) is 0 Å². The zero-order valence-corrected chi connectivity index (χ0v) is 9.80. The summed E-state index contributed by atoms with van der Waals surface area (Å²) < 4.78 is 6.28. The van der Waals surface area contributed by atoms with Gasteiger partial charge in [-0.05, 0) is 58.5 Å². The maximum Gasteiger partial charge on any atom is 0.133 e. The first kappa shape index (κ1) is 9.99. The molecule has 14 heavy (non-hydrogen) atoms. The Morgan fingerprint density at radius 2 is 2.29 bits per heavy atom. The van der Waals surface area contributed by atoms with Gasteiger partial charge in [0, 0.05) is 6.04 Å². The Bertz CT molecular complexity index is 351. The van der Waals surface area contributed by atoms with Crippen LogP contribution in [0.15, 0.2) is 16.6 Å². The van der Waals surface area contributed by atoms with Crippen LogP contribution in [0.4, 0.5) is 0 Å². The van der Waals surface area contributed by atoms with E-state index in [4.69, 9.17) is 10.5 Å². The van der Waals surface area contributed by atoms with Crippen molar-refractivity contribution in [1.82, 2.24) is 0 Å². The number of nitrogens with two attached hydrogens (primary N) is 1. The summed E-state index contributed by atoms with van der Waals surface area (Å²) in [5.74, 6) is 0.876. The van der Waals surface area contributed by atoms with Crippen LogP contribution >= 0.6 is 15.9 Å². The van der Waals surface area contributed by atoms with Crippen LogP contribution in [-0.4, -0.2) is 7.11 Å². The average molecular weight is 256 g/mol. The highest BCUT2D eigenvalue weighted by molar-refractivity contribution is 9.10. The highest BCUT2D eigenvalue weighted by Crippen LogP contribution is 2.35. The summed E-state index contributed by atoms with van der Waals surface area (Å²) in [7, 11) is 1.68. The predicted octanol–water partition coefficient (Wildman–Crippen LogP) is 2.79. The summed E-state index contributed by atoms with van der Waals surface area (Å²) in [5, 5.41) is 0. The highest BCUT2D eigenvalue weighted by Gasteiger charge is 2.18. The second-order valence-electron chi connectivity index (χ2n) is 3.68. The number of hydrogen-bond acceptors (Lipinski definition) is 2. The van der Waals surface area contributed by atoms with Gasteiger partial charge in [0.05, 0.1) is 11.6 Å². The van der Waals surface area contributed by atoms with E-state index in [1.165, 1.54) is 17.5 Å². The summed E-state index contributed by atoms with van der Waals surface area (Å²) in [6.45, 7) is 0. The van der Waals surface area contributed by atoms with Crippen molar-refractivity contribution in [1.29, 1.82) is 0 Å². The Morgan fingerprint density at radius 1 is 1.50 bits per heavy atom. The van der Waals surface area contributed by atoms with Crippen molar-refractivity contribution >= 4 is 15.9 Å². The van der Waals surface area contributed by atoms with E-state index in [1.807, 2.05) is 0 Å². The minimum Gasteiger partial charge on any atom is -0.496 e. The highest BCUT2D eigenvalue weighted by atomic mass is 79.9. The van der Waals surface area contributed by atoms with Crippen LogP contribution in [0.25, 0.3) is 0 Å². The van der Waals surface area contributed by atoms with Gasteiger partial charge in [-0.1, -0.05) is 0 Å². The monoisotopic (exact) mass is 255 g/mol. The first-order valence-electron chi connectivity index (χ1n) is 4.84. The summed E-state index contributed by atoms with van der Waals surface area (Å²) in [4.78, 5) is 0. The summed E-state index contributed by atoms with van der Waals surface area (Å²) in [5.41, 5.74) is 8.65. The van der Waals surface area contributed by atoms with Gasteiger partial charge in [-0.25, -0.2) is 0 Å². The smallest absolute Gasteiger partial charge is 0.133 e. The van der Waals surface area contributed by atoms with Gasteiger partial charge < -0.3 is 10.5 Å². The second-order valence-corrected chi connectivity index (χ2v) is 4.54. The number of aryl methyl sites for hydroxylation is 1. The van der Waals surface area contributed by atoms with E-state index in [0.29, 0.717) is 0 Å². The Hall–Kier alpha value is -0.540. The third-order valence-electron chi connectivity index (χ3n) is 2.77. The molecule has 1 aromatic carbocycles. The summed E-state index contributed by atoms with van der Waals surface area (Å²) >= 11 is 3.49. The van der Waals surface area contributed by atoms with E-state index in [1.54, 1.807) is 7.11 Å². The second kappa shape index (κ2) is 3.91. The number of fused-ring (bicyclic) bond motifs is 1. The first-order chi connectivity index (χ1) is 6.72. The van der Waals surface area contributed by atoms with Gasteiger partial charge in [-0.2, -0.15) is 0 Å². The molecule has 1 aliphatic rings. The fourth-order valence-corrected chi connectivity index (χ4v) is 2.55. The van der Waals surface area contributed by atoms with Crippen molar-refractivity contribution in [3.05, 3.63) is 27.7 Å². The molecule has 2 N–H and O–H groups in total. The molecule has 0 spiro atoms. The SMILES string of the molecule is COc1cc2c(cc1Br)CCC[C@@H]2N. The van der Waals surface area contributed by atoms with E-state index in [2.05, 4.69) is 28.1 Å². The van der Waals surface area contributed by atoms with Crippen molar-refractivity contribution in [3.63, 3.8) is 0 Å². The maximum absolute atomic E-state index is 6.05. The zero-order chi connectivity index (χ0) is 10.1. The minimum absolute atomic E-state index is 0.181. The molecule has 0 amide bonds. The van der Waals surface area contributed by atoms with Crippen LogP contribution in [0.3, 0.4) is 0 Å².